The van der Waals surface area contributed by atoms with Crippen molar-refractivity contribution in [3.8, 4) is 11.3 Å². The predicted molar refractivity (Wildman–Crippen MR) is 106 cm³/mol. The van der Waals surface area contributed by atoms with Crippen molar-refractivity contribution in [1.82, 2.24) is 25.0 Å². The zero-order valence-corrected chi connectivity index (χ0v) is 16.5. The van der Waals surface area contributed by atoms with E-state index in [0.29, 0.717) is 29.9 Å². The fourth-order valence-corrected chi connectivity index (χ4v) is 4.03. The number of amides is 2. The number of aryl methyl sites for hydroxylation is 1. The molecular formula is C20H23FN6O2. The van der Waals surface area contributed by atoms with E-state index in [2.05, 4.69) is 22.0 Å². The summed E-state index contributed by atoms with van der Waals surface area (Å²) in [7, 11) is 3.55. The van der Waals surface area contributed by atoms with Crippen LogP contribution >= 0.6 is 0 Å². The number of aromatic nitrogens is 3. The van der Waals surface area contributed by atoms with Gasteiger partial charge in [0.15, 0.2) is 11.6 Å². The number of carbonyl (C=O) groups excluding carboxylic acids is 2. The molecule has 1 unspecified atom stereocenters. The van der Waals surface area contributed by atoms with Crippen molar-refractivity contribution >= 4 is 17.6 Å². The smallest absolute Gasteiger partial charge is 0.254 e. The Bertz CT molecular complexity index is 1000. The van der Waals surface area contributed by atoms with Crippen molar-refractivity contribution < 1.29 is 14.0 Å². The minimum Gasteiger partial charge on any atom is -0.352 e. The van der Waals surface area contributed by atoms with Gasteiger partial charge in [-0.3, -0.25) is 14.3 Å². The van der Waals surface area contributed by atoms with Crippen LogP contribution in [0.15, 0.2) is 25.0 Å². The largest absolute Gasteiger partial charge is 0.352 e. The molecule has 1 fully saturated rings. The SMILES string of the molecule is C=CC(=O)N1CCCC(N(C)c2nc(-c3cnn(C)c3)c3c(c2F)CNC3=O)C1. The molecule has 152 valence electrons. The molecule has 2 aliphatic heterocycles. The first kappa shape index (κ1) is 19.1. The Morgan fingerprint density at radius 1 is 1.48 bits per heavy atom. The molecule has 0 saturated carbocycles. The van der Waals surface area contributed by atoms with E-state index in [1.807, 2.05) is 0 Å². The van der Waals surface area contributed by atoms with Crippen LogP contribution in [0.5, 0.6) is 0 Å². The first-order chi connectivity index (χ1) is 13.9. The lowest BCUT2D eigenvalue weighted by Gasteiger charge is -2.38. The number of anilines is 1. The summed E-state index contributed by atoms with van der Waals surface area (Å²) in [6.07, 6.45) is 6.29. The van der Waals surface area contributed by atoms with Gasteiger partial charge in [-0.1, -0.05) is 6.58 Å². The number of piperidine rings is 1. The minimum atomic E-state index is -0.499. The third kappa shape index (κ3) is 3.26. The molecule has 4 rings (SSSR count). The molecule has 0 aliphatic carbocycles. The van der Waals surface area contributed by atoms with Crippen molar-refractivity contribution in [2.75, 3.05) is 25.0 Å². The quantitative estimate of drug-likeness (QED) is 0.789. The lowest BCUT2D eigenvalue weighted by Crippen LogP contribution is -2.48. The van der Waals surface area contributed by atoms with Crippen LogP contribution in [0.3, 0.4) is 0 Å². The Kier molecular flexibility index (Phi) is 4.81. The van der Waals surface area contributed by atoms with Gasteiger partial charge in [0.1, 0.15) is 0 Å². The molecule has 2 amide bonds. The van der Waals surface area contributed by atoms with Gasteiger partial charge in [0, 0.05) is 57.1 Å². The maximum atomic E-state index is 15.4. The van der Waals surface area contributed by atoms with Crippen LogP contribution in [0.25, 0.3) is 11.3 Å². The van der Waals surface area contributed by atoms with E-state index in [1.165, 1.54) is 6.08 Å². The highest BCUT2D eigenvalue weighted by Gasteiger charge is 2.34. The predicted octanol–water partition coefficient (Wildman–Crippen LogP) is 1.48. The second-order valence-corrected chi connectivity index (χ2v) is 7.43. The normalized spacial score (nSPS) is 18.4. The molecule has 0 aromatic carbocycles. The van der Waals surface area contributed by atoms with Gasteiger partial charge >= 0.3 is 0 Å². The monoisotopic (exact) mass is 398 g/mol. The summed E-state index contributed by atoms with van der Waals surface area (Å²) >= 11 is 0. The average Bonchev–Trinajstić information content (AvgIpc) is 3.34. The Morgan fingerprint density at radius 2 is 2.28 bits per heavy atom. The van der Waals surface area contributed by atoms with Gasteiger partial charge < -0.3 is 15.1 Å². The molecule has 29 heavy (non-hydrogen) atoms. The molecule has 0 radical (unpaired) electrons. The Balaban J connectivity index is 1.75. The van der Waals surface area contributed by atoms with Crippen molar-refractivity contribution in [2.24, 2.45) is 7.05 Å². The van der Waals surface area contributed by atoms with E-state index in [-0.39, 0.29) is 35.8 Å². The summed E-state index contributed by atoms with van der Waals surface area (Å²) in [5.41, 5.74) is 1.66. The molecule has 4 heterocycles. The summed E-state index contributed by atoms with van der Waals surface area (Å²) in [5.74, 6) is -0.783. The van der Waals surface area contributed by atoms with Crippen LogP contribution in [0, 0.1) is 5.82 Å². The molecule has 1 saturated heterocycles. The first-order valence-corrected chi connectivity index (χ1v) is 9.54. The third-order valence-corrected chi connectivity index (χ3v) is 5.61. The number of hydrogen-bond acceptors (Lipinski definition) is 5. The fraction of sp³-hybridized carbons (Fsp3) is 0.400. The molecule has 8 nitrogen and oxygen atoms in total. The second-order valence-electron chi connectivity index (χ2n) is 7.43. The van der Waals surface area contributed by atoms with E-state index in [9.17, 15) is 9.59 Å². The van der Waals surface area contributed by atoms with Gasteiger partial charge in [-0.25, -0.2) is 9.37 Å². The number of fused-ring (bicyclic) bond motifs is 1. The number of pyridine rings is 1. The van der Waals surface area contributed by atoms with Gasteiger partial charge in [0.05, 0.1) is 17.5 Å². The number of halogens is 1. The van der Waals surface area contributed by atoms with Crippen LogP contribution < -0.4 is 10.2 Å². The third-order valence-electron chi connectivity index (χ3n) is 5.61. The maximum absolute atomic E-state index is 15.4. The van der Waals surface area contributed by atoms with Crippen molar-refractivity contribution in [3.05, 3.63) is 42.0 Å². The highest BCUT2D eigenvalue weighted by atomic mass is 19.1. The number of likely N-dealkylation sites (tertiary alicyclic amines) is 1. The zero-order chi connectivity index (χ0) is 20.7. The topological polar surface area (TPSA) is 83.4 Å². The minimum absolute atomic E-state index is 0.0838. The molecule has 1 atom stereocenters. The summed E-state index contributed by atoms with van der Waals surface area (Å²) < 4.78 is 17.0. The fourth-order valence-electron chi connectivity index (χ4n) is 4.03. The van der Waals surface area contributed by atoms with E-state index < -0.39 is 5.82 Å². The highest BCUT2D eigenvalue weighted by Crippen LogP contribution is 2.34. The van der Waals surface area contributed by atoms with E-state index in [0.717, 1.165) is 12.8 Å². The van der Waals surface area contributed by atoms with E-state index in [1.54, 1.807) is 41.0 Å². The molecule has 9 heteroatoms. The van der Waals surface area contributed by atoms with Crippen molar-refractivity contribution in [1.29, 1.82) is 0 Å². The Morgan fingerprint density at radius 3 is 2.97 bits per heavy atom. The number of nitrogens with zero attached hydrogens (tertiary/aromatic N) is 5. The molecular weight excluding hydrogens is 375 g/mol. The molecule has 2 aliphatic rings. The van der Waals surface area contributed by atoms with Crippen molar-refractivity contribution in [2.45, 2.75) is 25.4 Å². The summed E-state index contributed by atoms with van der Waals surface area (Å²) in [6, 6.07) is -0.0838. The number of hydrogen-bond donors (Lipinski definition) is 1. The zero-order valence-electron chi connectivity index (χ0n) is 16.5. The van der Waals surface area contributed by atoms with Crippen LogP contribution in [0.1, 0.15) is 28.8 Å². The van der Waals surface area contributed by atoms with Crippen LogP contribution in [0.2, 0.25) is 0 Å². The molecule has 1 N–H and O–H groups in total. The van der Waals surface area contributed by atoms with Crippen LogP contribution in [-0.2, 0) is 18.4 Å². The standard InChI is InChI=1S/C20H23FN6O2/c1-4-15(28)27-7-5-6-13(11-27)26(3)19-17(21)14-9-22-20(29)16(14)18(24-19)12-8-23-25(2)10-12/h4,8,10,13H,1,5-7,9,11H2,2-3H3,(H,22,29). The van der Waals surface area contributed by atoms with Gasteiger partial charge in [0.2, 0.25) is 5.91 Å². The molecule has 0 bridgehead atoms. The first-order valence-electron chi connectivity index (χ1n) is 9.54. The number of likely N-dealkylation sites (N-methyl/N-ethyl adjacent to an activating group) is 1. The number of rotatable bonds is 4. The summed E-state index contributed by atoms with van der Waals surface area (Å²) in [5, 5.41) is 6.84. The summed E-state index contributed by atoms with van der Waals surface area (Å²) in [4.78, 5) is 32.4. The lowest BCUT2D eigenvalue weighted by atomic mass is 10.0. The number of nitrogens with one attached hydrogen (secondary N) is 1. The molecule has 2 aromatic heterocycles. The van der Waals surface area contributed by atoms with Crippen LogP contribution in [-0.4, -0.2) is 57.7 Å². The summed E-state index contributed by atoms with van der Waals surface area (Å²) in [6.45, 7) is 4.81. The molecule has 2 aromatic rings. The molecule has 0 spiro atoms. The van der Waals surface area contributed by atoms with Crippen molar-refractivity contribution in [3.63, 3.8) is 0 Å². The average molecular weight is 398 g/mol. The van der Waals surface area contributed by atoms with Gasteiger partial charge in [-0.2, -0.15) is 5.10 Å². The Labute approximate surface area is 168 Å². The lowest BCUT2D eigenvalue weighted by molar-refractivity contribution is -0.127. The second kappa shape index (κ2) is 7.31. The Hall–Kier alpha value is -3.23. The van der Waals surface area contributed by atoms with Gasteiger partial charge in [-0.05, 0) is 18.9 Å². The maximum Gasteiger partial charge on any atom is 0.254 e. The van der Waals surface area contributed by atoms with E-state index in [4.69, 9.17) is 0 Å². The van der Waals surface area contributed by atoms with E-state index >= 15 is 4.39 Å². The highest BCUT2D eigenvalue weighted by molar-refractivity contribution is 6.04. The van der Waals surface area contributed by atoms with Gasteiger partial charge in [0.25, 0.3) is 5.91 Å². The van der Waals surface area contributed by atoms with Gasteiger partial charge in [-0.15, -0.1) is 0 Å². The number of carbonyl (C=O) groups is 2. The van der Waals surface area contributed by atoms with Crippen LogP contribution in [0.4, 0.5) is 10.2 Å².